The number of pyridine rings is 1. The van der Waals surface area contributed by atoms with Gasteiger partial charge in [-0.15, -0.1) is 0 Å². The van der Waals surface area contributed by atoms with Crippen molar-refractivity contribution in [2.75, 3.05) is 37.7 Å². The third-order valence-electron chi connectivity index (χ3n) is 5.10. The number of carbonyl (C=O) groups is 2. The van der Waals surface area contributed by atoms with Gasteiger partial charge in [0.15, 0.2) is 6.61 Å². The molecule has 0 aliphatic carbocycles. The molecule has 4 rings (SSSR count). The third-order valence-corrected chi connectivity index (χ3v) is 5.10. The van der Waals surface area contributed by atoms with Gasteiger partial charge in [0.25, 0.3) is 5.91 Å². The molecule has 1 aliphatic heterocycles. The quantitative estimate of drug-likeness (QED) is 0.552. The topological polar surface area (TPSA) is 72.0 Å². The molecule has 2 heterocycles. The van der Waals surface area contributed by atoms with Crippen molar-refractivity contribution in [2.24, 2.45) is 0 Å². The number of hydrogen-bond donors (Lipinski definition) is 0. The summed E-state index contributed by atoms with van der Waals surface area (Å²) in [7, 11) is 0. The van der Waals surface area contributed by atoms with Crippen molar-refractivity contribution < 1.29 is 23.5 Å². The van der Waals surface area contributed by atoms with Gasteiger partial charge in [0.1, 0.15) is 17.1 Å². The third kappa shape index (κ3) is 5.03. The Balaban J connectivity index is 1.31. The van der Waals surface area contributed by atoms with Gasteiger partial charge in [-0.1, -0.05) is 30.3 Å². The zero-order valence-corrected chi connectivity index (χ0v) is 17.3. The molecule has 3 aromatic rings. The van der Waals surface area contributed by atoms with E-state index in [0.717, 1.165) is 0 Å². The van der Waals surface area contributed by atoms with Gasteiger partial charge in [0.2, 0.25) is 5.88 Å². The molecule has 0 N–H and O–H groups in total. The molecule has 1 saturated heterocycles. The summed E-state index contributed by atoms with van der Waals surface area (Å²) in [4.78, 5) is 32.7. The van der Waals surface area contributed by atoms with E-state index in [-0.39, 0.29) is 23.2 Å². The first-order valence-corrected chi connectivity index (χ1v) is 10.2. The summed E-state index contributed by atoms with van der Waals surface area (Å²) in [6, 6.07) is 18.6. The molecule has 32 heavy (non-hydrogen) atoms. The standard InChI is InChI=1S/C24H22FN3O4/c25-20-10-4-5-11-21(20)27-13-15-28(16-14-27)22(29)17-31-24(30)19-9-6-12-26-23(19)32-18-7-2-1-3-8-18/h1-12H,13-17H2. The van der Waals surface area contributed by atoms with Crippen LogP contribution in [-0.2, 0) is 9.53 Å². The van der Waals surface area contributed by atoms with Crippen LogP contribution in [-0.4, -0.2) is 54.5 Å². The normalized spacial score (nSPS) is 13.5. The van der Waals surface area contributed by atoms with Crippen molar-refractivity contribution in [3.8, 4) is 11.6 Å². The van der Waals surface area contributed by atoms with Gasteiger partial charge in [-0.05, 0) is 36.4 Å². The smallest absolute Gasteiger partial charge is 0.344 e. The molecule has 0 spiro atoms. The van der Waals surface area contributed by atoms with E-state index in [1.54, 1.807) is 53.4 Å². The van der Waals surface area contributed by atoms with Crippen molar-refractivity contribution in [2.45, 2.75) is 0 Å². The summed E-state index contributed by atoms with van der Waals surface area (Å²) >= 11 is 0. The van der Waals surface area contributed by atoms with Crippen molar-refractivity contribution in [1.29, 1.82) is 0 Å². The Morgan fingerprint density at radius 3 is 2.38 bits per heavy atom. The molecule has 1 aromatic heterocycles. The summed E-state index contributed by atoms with van der Waals surface area (Å²) in [6.07, 6.45) is 1.51. The summed E-state index contributed by atoms with van der Waals surface area (Å²) in [5.41, 5.74) is 0.655. The first kappa shape index (κ1) is 21.3. The second kappa shape index (κ2) is 9.91. The van der Waals surface area contributed by atoms with E-state index in [0.29, 0.717) is 37.6 Å². The Morgan fingerprint density at radius 1 is 0.906 bits per heavy atom. The fourth-order valence-corrected chi connectivity index (χ4v) is 3.43. The van der Waals surface area contributed by atoms with Crippen molar-refractivity contribution in [3.05, 3.63) is 84.3 Å². The zero-order valence-electron chi connectivity index (χ0n) is 17.3. The summed E-state index contributed by atoms with van der Waals surface area (Å²) in [5.74, 6) is -0.645. The second-order valence-corrected chi connectivity index (χ2v) is 7.17. The number of nitrogens with zero attached hydrogens (tertiary/aromatic N) is 3. The van der Waals surface area contributed by atoms with Crippen LogP contribution in [0.2, 0.25) is 0 Å². The number of carbonyl (C=O) groups excluding carboxylic acids is 2. The molecule has 7 nitrogen and oxygen atoms in total. The number of benzene rings is 2. The largest absolute Gasteiger partial charge is 0.452 e. The van der Waals surface area contributed by atoms with Crippen LogP contribution in [0.15, 0.2) is 72.9 Å². The number of amides is 1. The molecular formula is C24H22FN3O4. The number of esters is 1. The summed E-state index contributed by atoms with van der Waals surface area (Å²) in [5, 5.41) is 0. The number of piperazine rings is 1. The Bertz CT molecular complexity index is 1090. The molecular weight excluding hydrogens is 413 g/mol. The SMILES string of the molecule is O=C(OCC(=O)N1CCN(c2ccccc2F)CC1)c1cccnc1Oc1ccccc1. The molecule has 0 bridgehead atoms. The van der Waals surface area contributed by atoms with Gasteiger partial charge in [0, 0.05) is 32.4 Å². The lowest BCUT2D eigenvalue weighted by molar-refractivity contribution is -0.134. The van der Waals surface area contributed by atoms with Crippen LogP contribution >= 0.6 is 0 Å². The molecule has 0 saturated carbocycles. The number of halogens is 1. The molecule has 0 unspecified atom stereocenters. The molecule has 1 aliphatic rings. The molecule has 8 heteroatoms. The number of para-hydroxylation sites is 2. The predicted molar refractivity (Wildman–Crippen MR) is 116 cm³/mol. The highest BCUT2D eigenvalue weighted by Crippen LogP contribution is 2.23. The maximum absolute atomic E-state index is 14.0. The lowest BCUT2D eigenvalue weighted by Crippen LogP contribution is -2.50. The number of ether oxygens (including phenoxy) is 2. The van der Waals surface area contributed by atoms with Crippen LogP contribution in [0, 0.1) is 5.82 Å². The minimum absolute atomic E-state index is 0.106. The fourth-order valence-electron chi connectivity index (χ4n) is 3.43. The molecule has 1 fully saturated rings. The van der Waals surface area contributed by atoms with Gasteiger partial charge in [-0.2, -0.15) is 0 Å². The van der Waals surface area contributed by atoms with Crippen LogP contribution in [0.5, 0.6) is 11.6 Å². The highest BCUT2D eigenvalue weighted by Gasteiger charge is 2.24. The van der Waals surface area contributed by atoms with Crippen LogP contribution in [0.1, 0.15) is 10.4 Å². The van der Waals surface area contributed by atoms with E-state index in [1.807, 2.05) is 11.0 Å². The van der Waals surface area contributed by atoms with E-state index < -0.39 is 12.6 Å². The maximum atomic E-state index is 14.0. The molecule has 0 radical (unpaired) electrons. The molecule has 0 atom stereocenters. The first-order valence-electron chi connectivity index (χ1n) is 10.2. The average Bonchev–Trinajstić information content (AvgIpc) is 2.84. The Kier molecular flexibility index (Phi) is 6.60. The fraction of sp³-hybridized carbons (Fsp3) is 0.208. The van der Waals surface area contributed by atoms with E-state index in [4.69, 9.17) is 9.47 Å². The number of aromatic nitrogens is 1. The van der Waals surface area contributed by atoms with E-state index >= 15 is 0 Å². The van der Waals surface area contributed by atoms with E-state index in [9.17, 15) is 14.0 Å². The van der Waals surface area contributed by atoms with Crippen LogP contribution < -0.4 is 9.64 Å². The zero-order chi connectivity index (χ0) is 22.3. The number of rotatable bonds is 6. The Morgan fingerprint density at radius 2 is 1.62 bits per heavy atom. The van der Waals surface area contributed by atoms with Gasteiger partial charge >= 0.3 is 5.97 Å². The van der Waals surface area contributed by atoms with Gasteiger partial charge in [-0.3, -0.25) is 4.79 Å². The second-order valence-electron chi connectivity index (χ2n) is 7.17. The van der Waals surface area contributed by atoms with E-state index in [1.165, 1.54) is 18.3 Å². The molecule has 164 valence electrons. The van der Waals surface area contributed by atoms with Crippen LogP contribution in [0.3, 0.4) is 0 Å². The molecule has 1 amide bonds. The van der Waals surface area contributed by atoms with E-state index in [2.05, 4.69) is 4.98 Å². The summed E-state index contributed by atoms with van der Waals surface area (Å²) < 4.78 is 24.9. The van der Waals surface area contributed by atoms with Gasteiger partial charge in [0.05, 0.1) is 5.69 Å². The monoisotopic (exact) mass is 435 g/mol. The summed E-state index contributed by atoms with van der Waals surface area (Å²) in [6.45, 7) is 1.44. The number of anilines is 1. The highest BCUT2D eigenvalue weighted by molar-refractivity contribution is 5.93. The van der Waals surface area contributed by atoms with Crippen LogP contribution in [0.4, 0.5) is 10.1 Å². The average molecular weight is 435 g/mol. The van der Waals surface area contributed by atoms with Crippen LogP contribution in [0.25, 0.3) is 0 Å². The lowest BCUT2D eigenvalue weighted by Gasteiger charge is -2.36. The maximum Gasteiger partial charge on any atom is 0.344 e. The van der Waals surface area contributed by atoms with Crippen molar-refractivity contribution in [3.63, 3.8) is 0 Å². The van der Waals surface area contributed by atoms with Gasteiger partial charge < -0.3 is 19.3 Å². The number of hydrogen-bond acceptors (Lipinski definition) is 6. The molecule has 2 aromatic carbocycles. The Hall–Kier alpha value is -3.94. The first-order chi connectivity index (χ1) is 15.6. The minimum atomic E-state index is -0.692. The van der Waals surface area contributed by atoms with Crippen molar-refractivity contribution in [1.82, 2.24) is 9.88 Å². The minimum Gasteiger partial charge on any atom is -0.452 e. The van der Waals surface area contributed by atoms with Crippen molar-refractivity contribution >= 4 is 17.6 Å². The lowest BCUT2D eigenvalue weighted by atomic mass is 10.2. The highest BCUT2D eigenvalue weighted by atomic mass is 19.1. The predicted octanol–water partition coefficient (Wildman–Crippen LogP) is 3.52. The van der Waals surface area contributed by atoms with Gasteiger partial charge in [-0.25, -0.2) is 14.2 Å². The Labute approximate surface area is 185 Å².